The molecule has 0 radical (unpaired) electrons. The summed E-state index contributed by atoms with van der Waals surface area (Å²) >= 11 is 0. The third kappa shape index (κ3) is 6.03. The van der Waals surface area contributed by atoms with Crippen molar-refractivity contribution in [2.24, 2.45) is 11.5 Å². The summed E-state index contributed by atoms with van der Waals surface area (Å²) in [6.07, 6.45) is 3.45. The molecule has 0 spiro atoms. The van der Waals surface area contributed by atoms with Crippen molar-refractivity contribution in [3.8, 4) is 0 Å². The van der Waals surface area contributed by atoms with Crippen LogP contribution in [0.15, 0.2) is 30.3 Å². The van der Waals surface area contributed by atoms with E-state index in [9.17, 15) is 19.5 Å². The lowest BCUT2D eigenvalue weighted by molar-refractivity contribution is -0.144. The van der Waals surface area contributed by atoms with E-state index in [1.807, 2.05) is 30.3 Å². The topological polar surface area (TPSA) is 139 Å². The third-order valence-electron chi connectivity index (χ3n) is 5.02. The van der Waals surface area contributed by atoms with Crippen LogP contribution in [0.25, 0.3) is 0 Å². The third-order valence-corrected chi connectivity index (χ3v) is 5.02. The Hall–Kier alpha value is -2.45. The Morgan fingerprint density at radius 3 is 2.57 bits per heavy atom. The van der Waals surface area contributed by atoms with Crippen molar-refractivity contribution in [2.75, 3.05) is 13.1 Å². The molecular weight excluding hydrogens is 360 g/mol. The van der Waals surface area contributed by atoms with E-state index < -0.39 is 30.0 Å². The minimum absolute atomic E-state index is 0.182. The van der Waals surface area contributed by atoms with Gasteiger partial charge in [-0.15, -0.1) is 0 Å². The number of benzene rings is 1. The summed E-state index contributed by atoms with van der Waals surface area (Å²) in [5.41, 5.74) is 12.3. The molecule has 2 amide bonds. The molecule has 0 aliphatic carbocycles. The molecule has 1 heterocycles. The van der Waals surface area contributed by atoms with Crippen molar-refractivity contribution < 1.29 is 19.5 Å². The number of nitrogens with zero attached hydrogens (tertiary/aromatic N) is 1. The van der Waals surface area contributed by atoms with Gasteiger partial charge in [0.25, 0.3) is 0 Å². The van der Waals surface area contributed by atoms with Crippen LogP contribution in [0.2, 0.25) is 0 Å². The molecule has 6 N–H and O–H groups in total. The molecule has 1 aromatic rings. The molecule has 1 saturated heterocycles. The molecule has 0 saturated carbocycles. The van der Waals surface area contributed by atoms with Gasteiger partial charge in [0.2, 0.25) is 11.8 Å². The maximum atomic E-state index is 12.7. The Morgan fingerprint density at radius 1 is 1.21 bits per heavy atom. The second-order valence-electron chi connectivity index (χ2n) is 7.17. The van der Waals surface area contributed by atoms with Crippen molar-refractivity contribution in [3.63, 3.8) is 0 Å². The predicted molar refractivity (Wildman–Crippen MR) is 105 cm³/mol. The molecular formula is C20H30N4O4. The van der Waals surface area contributed by atoms with Gasteiger partial charge < -0.3 is 26.8 Å². The minimum atomic E-state index is -1.11. The average molecular weight is 390 g/mol. The van der Waals surface area contributed by atoms with Gasteiger partial charge >= 0.3 is 5.97 Å². The number of nitrogens with two attached hydrogens (primary N) is 2. The van der Waals surface area contributed by atoms with Crippen LogP contribution < -0.4 is 16.8 Å². The van der Waals surface area contributed by atoms with Crippen molar-refractivity contribution in [3.05, 3.63) is 35.9 Å². The largest absolute Gasteiger partial charge is 0.480 e. The van der Waals surface area contributed by atoms with Crippen LogP contribution in [0.4, 0.5) is 0 Å². The Balaban J connectivity index is 1.98. The standard InChI is InChI=1S/C20H30N4O4/c21-11-5-4-9-15(22)19(26)24-12-6-10-17(24)18(25)23-16(20(27)28)13-14-7-2-1-3-8-14/h1-3,7-8,15-17H,4-6,9-13,21-22H2,(H,23,25)(H,27,28)/t15-,16-,17-/m0/s1. The minimum Gasteiger partial charge on any atom is -0.480 e. The molecule has 3 atom stereocenters. The highest BCUT2D eigenvalue weighted by molar-refractivity contribution is 5.92. The zero-order chi connectivity index (χ0) is 20.5. The number of carboxylic acid groups (broad SMARTS) is 1. The number of carbonyl (C=O) groups excluding carboxylic acids is 2. The molecule has 0 unspecified atom stereocenters. The molecule has 1 aliphatic rings. The number of carboxylic acids is 1. The van der Waals surface area contributed by atoms with Gasteiger partial charge in [-0.25, -0.2) is 4.79 Å². The molecule has 0 bridgehead atoms. The second-order valence-corrected chi connectivity index (χ2v) is 7.17. The van der Waals surface area contributed by atoms with Crippen molar-refractivity contribution >= 4 is 17.8 Å². The summed E-state index contributed by atoms with van der Waals surface area (Å²) in [6, 6.07) is 6.72. The van der Waals surface area contributed by atoms with E-state index in [1.54, 1.807) is 0 Å². The van der Waals surface area contributed by atoms with E-state index in [-0.39, 0.29) is 12.3 Å². The molecule has 2 rings (SSSR count). The number of carbonyl (C=O) groups is 3. The number of nitrogens with one attached hydrogen (secondary N) is 1. The molecule has 8 nitrogen and oxygen atoms in total. The highest BCUT2D eigenvalue weighted by Gasteiger charge is 2.37. The first kappa shape index (κ1) is 21.8. The smallest absolute Gasteiger partial charge is 0.326 e. The molecule has 1 aromatic carbocycles. The normalized spacial score (nSPS) is 18.5. The summed E-state index contributed by atoms with van der Waals surface area (Å²) in [5.74, 6) is -1.81. The van der Waals surface area contributed by atoms with Gasteiger partial charge in [0, 0.05) is 13.0 Å². The zero-order valence-corrected chi connectivity index (χ0v) is 16.0. The Morgan fingerprint density at radius 2 is 1.93 bits per heavy atom. The van der Waals surface area contributed by atoms with Crippen molar-refractivity contribution in [2.45, 2.75) is 56.7 Å². The maximum absolute atomic E-state index is 12.7. The van der Waals surface area contributed by atoms with Gasteiger partial charge in [0.05, 0.1) is 6.04 Å². The lowest BCUT2D eigenvalue weighted by atomic mass is 10.0. The van der Waals surface area contributed by atoms with E-state index in [1.165, 1.54) is 4.90 Å². The van der Waals surface area contributed by atoms with Gasteiger partial charge in [-0.2, -0.15) is 0 Å². The number of rotatable bonds is 10. The SMILES string of the molecule is NCCCC[C@H](N)C(=O)N1CCC[C@H]1C(=O)N[C@@H](Cc1ccccc1)C(=O)O. The Bertz CT molecular complexity index is 667. The van der Waals surface area contributed by atoms with Crippen LogP contribution >= 0.6 is 0 Å². The van der Waals surface area contributed by atoms with Crippen LogP contribution in [-0.2, 0) is 20.8 Å². The summed E-state index contributed by atoms with van der Waals surface area (Å²) in [5, 5.41) is 12.1. The molecule has 0 aromatic heterocycles. The lowest BCUT2D eigenvalue weighted by Gasteiger charge is -2.27. The van der Waals surface area contributed by atoms with Crippen LogP contribution in [-0.4, -0.2) is 59.0 Å². The molecule has 8 heteroatoms. The van der Waals surface area contributed by atoms with E-state index >= 15 is 0 Å². The lowest BCUT2D eigenvalue weighted by Crippen LogP contribution is -2.54. The van der Waals surface area contributed by atoms with Crippen molar-refractivity contribution in [1.29, 1.82) is 0 Å². The zero-order valence-electron chi connectivity index (χ0n) is 16.0. The van der Waals surface area contributed by atoms with E-state index in [0.717, 1.165) is 18.4 Å². The number of likely N-dealkylation sites (tertiary alicyclic amines) is 1. The second kappa shape index (κ2) is 10.8. The number of hydrogen-bond donors (Lipinski definition) is 4. The first-order valence-electron chi connectivity index (χ1n) is 9.77. The summed E-state index contributed by atoms with van der Waals surface area (Å²) < 4.78 is 0. The van der Waals surface area contributed by atoms with E-state index in [0.29, 0.717) is 32.4 Å². The molecule has 154 valence electrons. The quantitative estimate of drug-likeness (QED) is 0.422. The fourth-order valence-corrected chi connectivity index (χ4v) is 3.47. The number of hydrogen-bond acceptors (Lipinski definition) is 5. The van der Waals surface area contributed by atoms with Gasteiger partial charge in [-0.1, -0.05) is 36.8 Å². The predicted octanol–water partition coefficient (Wildman–Crippen LogP) is 0.246. The van der Waals surface area contributed by atoms with E-state index in [2.05, 4.69) is 5.32 Å². The summed E-state index contributed by atoms with van der Waals surface area (Å²) in [7, 11) is 0. The first-order valence-corrected chi connectivity index (χ1v) is 9.77. The maximum Gasteiger partial charge on any atom is 0.326 e. The fourth-order valence-electron chi connectivity index (χ4n) is 3.47. The highest BCUT2D eigenvalue weighted by atomic mass is 16.4. The first-order chi connectivity index (χ1) is 13.4. The van der Waals surface area contributed by atoms with Gasteiger partial charge in [-0.05, 0) is 37.8 Å². The number of amides is 2. The van der Waals surface area contributed by atoms with Crippen LogP contribution in [0, 0.1) is 0 Å². The van der Waals surface area contributed by atoms with Gasteiger partial charge in [0.15, 0.2) is 0 Å². The number of aliphatic carboxylic acids is 1. The van der Waals surface area contributed by atoms with E-state index in [4.69, 9.17) is 11.5 Å². The van der Waals surface area contributed by atoms with Crippen LogP contribution in [0.5, 0.6) is 0 Å². The Labute approximate surface area is 165 Å². The van der Waals surface area contributed by atoms with Gasteiger partial charge in [-0.3, -0.25) is 9.59 Å². The monoisotopic (exact) mass is 390 g/mol. The fraction of sp³-hybridized carbons (Fsp3) is 0.550. The van der Waals surface area contributed by atoms with Crippen molar-refractivity contribution in [1.82, 2.24) is 10.2 Å². The summed E-state index contributed by atoms with van der Waals surface area (Å²) in [4.78, 5) is 38.4. The number of unbranched alkanes of at least 4 members (excludes halogenated alkanes) is 1. The summed E-state index contributed by atoms with van der Waals surface area (Å²) in [6.45, 7) is 1.01. The van der Waals surface area contributed by atoms with Crippen LogP contribution in [0.3, 0.4) is 0 Å². The highest BCUT2D eigenvalue weighted by Crippen LogP contribution is 2.19. The average Bonchev–Trinajstić information content (AvgIpc) is 3.17. The van der Waals surface area contributed by atoms with Gasteiger partial charge in [0.1, 0.15) is 12.1 Å². The molecule has 1 aliphatic heterocycles. The Kier molecular flexibility index (Phi) is 8.41. The van der Waals surface area contributed by atoms with Crippen LogP contribution in [0.1, 0.15) is 37.7 Å². The molecule has 28 heavy (non-hydrogen) atoms. The molecule has 1 fully saturated rings.